The Balaban J connectivity index is 3.74. The fourth-order valence-corrected chi connectivity index (χ4v) is 1.69. The van der Waals surface area contributed by atoms with E-state index in [-0.39, 0.29) is 22.9 Å². The van der Waals surface area contributed by atoms with Crippen LogP contribution in [0.4, 0.5) is 5.82 Å². The van der Waals surface area contributed by atoms with Crippen LogP contribution in [-0.4, -0.2) is 50.2 Å². The molecule has 1 aromatic rings. The fraction of sp³-hybridized carbons (Fsp3) is 0.455. The van der Waals surface area contributed by atoms with Crippen molar-refractivity contribution in [2.45, 2.75) is 3.79 Å². The molecule has 116 valence electrons. The Morgan fingerprint density at radius 2 is 1.57 bits per heavy atom. The highest BCUT2D eigenvalue weighted by Gasteiger charge is 2.34. The van der Waals surface area contributed by atoms with Gasteiger partial charge in [0.05, 0.1) is 14.2 Å². The van der Waals surface area contributed by atoms with Crippen LogP contribution in [0.5, 0.6) is 0 Å². The quantitative estimate of drug-likeness (QED) is 0.604. The monoisotopic (exact) mass is 355 g/mol. The third kappa shape index (κ3) is 3.87. The van der Waals surface area contributed by atoms with Crippen molar-refractivity contribution in [2.75, 3.05) is 33.2 Å². The number of hydrogen-bond donors (Lipinski definition) is 0. The van der Waals surface area contributed by atoms with Crippen molar-refractivity contribution in [3.8, 4) is 0 Å². The van der Waals surface area contributed by atoms with Gasteiger partial charge in [0.2, 0.25) is 3.79 Å². The maximum Gasteiger partial charge on any atom is 0.357 e. The van der Waals surface area contributed by atoms with E-state index < -0.39 is 15.7 Å². The molecule has 21 heavy (non-hydrogen) atoms. The largest absolute Gasteiger partial charge is 0.465 e. The van der Waals surface area contributed by atoms with E-state index in [1.807, 2.05) is 0 Å². The highest BCUT2D eigenvalue weighted by atomic mass is 35.6. The minimum absolute atomic E-state index is 0.0681. The van der Waals surface area contributed by atoms with E-state index in [9.17, 15) is 9.59 Å². The van der Waals surface area contributed by atoms with E-state index in [4.69, 9.17) is 34.8 Å². The zero-order chi connectivity index (χ0) is 16.4. The second kappa shape index (κ2) is 6.64. The molecular formula is C11H12Cl3N3O4. The topological polar surface area (TPSA) is 81.6 Å². The Morgan fingerprint density at radius 1 is 1.05 bits per heavy atom. The first kappa shape index (κ1) is 17.7. The maximum atomic E-state index is 11.9. The molecule has 7 nitrogen and oxygen atoms in total. The van der Waals surface area contributed by atoms with E-state index in [0.29, 0.717) is 0 Å². The van der Waals surface area contributed by atoms with Gasteiger partial charge >= 0.3 is 11.9 Å². The zero-order valence-corrected chi connectivity index (χ0v) is 13.9. The second-order valence-electron chi connectivity index (χ2n) is 3.97. The van der Waals surface area contributed by atoms with Crippen LogP contribution in [0.25, 0.3) is 0 Å². The molecule has 0 atom stereocenters. The number of ether oxygens (including phenoxy) is 2. The molecule has 0 aromatic carbocycles. The Bertz CT molecular complexity index is 573. The van der Waals surface area contributed by atoms with Gasteiger partial charge in [0, 0.05) is 14.1 Å². The first-order valence-corrected chi connectivity index (χ1v) is 6.60. The maximum absolute atomic E-state index is 11.9. The normalized spacial score (nSPS) is 11.0. The van der Waals surface area contributed by atoms with Crippen molar-refractivity contribution in [3.63, 3.8) is 0 Å². The first-order chi connectivity index (χ1) is 9.63. The highest BCUT2D eigenvalue weighted by molar-refractivity contribution is 6.66. The number of esters is 2. The van der Waals surface area contributed by atoms with Crippen molar-refractivity contribution in [2.24, 2.45) is 0 Å². The van der Waals surface area contributed by atoms with Gasteiger partial charge in [0.1, 0.15) is 11.4 Å². The first-order valence-electron chi connectivity index (χ1n) is 5.46. The molecule has 0 unspecified atom stereocenters. The molecule has 0 spiro atoms. The predicted molar refractivity (Wildman–Crippen MR) is 78.3 cm³/mol. The zero-order valence-electron chi connectivity index (χ0n) is 11.6. The number of alkyl halides is 3. The molecule has 0 aliphatic rings. The van der Waals surface area contributed by atoms with Gasteiger partial charge in [-0.3, -0.25) is 0 Å². The van der Waals surface area contributed by atoms with Gasteiger partial charge in [-0.05, 0) is 0 Å². The number of hydrogen-bond acceptors (Lipinski definition) is 7. The summed E-state index contributed by atoms with van der Waals surface area (Å²) in [6.45, 7) is 0. The van der Waals surface area contributed by atoms with Crippen LogP contribution in [0.15, 0.2) is 0 Å². The number of carbonyl (C=O) groups is 2. The number of aromatic nitrogens is 2. The van der Waals surface area contributed by atoms with Crippen LogP contribution in [0, 0.1) is 0 Å². The summed E-state index contributed by atoms with van der Waals surface area (Å²) in [5.41, 5.74) is -0.517. The predicted octanol–water partition coefficient (Wildman–Crippen LogP) is 1.94. The second-order valence-corrected chi connectivity index (χ2v) is 6.25. The smallest absolute Gasteiger partial charge is 0.357 e. The molecule has 0 amide bonds. The lowest BCUT2D eigenvalue weighted by atomic mass is 10.2. The van der Waals surface area contributed by atoms with Gasteiger partial charge in [-0.1, -0.05) is 34.8 Å². The van der Waals surface area contributed by atoms with Gasteiger partial charge in [0.15, 0.2) is 11.5 Å². The molecule has 0 saturated carbocycles. The minimum Gasteiger partial charge on any atom is -0.465 e. The van der Waals surface area contributed by atoms with E-state index in [2.05, 4.69) is 19.4 Å². The Kier molecular flexibility index (Phi) is 5.61. The fourth-order valence-electron chi connectivity index (χ4n) is 1.43. The summed E-state index contributed by atoms with van der Waals surface area (Å²) in [5, 5.41) is 0. The number of carbonyl (C=O) groups excluding carboxylic acids is 2. The molecule has 0 saturated heterocycles. The van der Waals surface area contributed by atoms with Gasteiger partial charge < -0.3 is 14.4 Å². The molecule has 0 bridgehead atoms. The molecule has 0 aliphatic carbocycles. The lowest BCUT2D eigenvalue weighted by Crippen LogP contribution is -2.25. The molecule has 1 heterocycles. The van der Waals surface area contributed by atoms with E-state index in [1.165, 1.54) is 4.90 Å². The molecule has 0 radical (unpaired) electrons. The van der Waals surface area contributed by atoms with Crippen LogP contribution in [0.1, 0.15) is 26.7 Å². The van der Waals surface area contributed by atoms with E-state index >= 15 is 0 Å². The van der Waals surface area contributed by atoms with Crippen LogP contribution < -0.4 is 4.90 Å². The van der Waals surface area contributed by atoms with Crippen molar-refractivity contribution < 1.29 is 19.1 Å². The summed E-state index contributed by atoms with van der Waals surface area (Å²) in [7, 11) is 5.48. The van der Waals surface area contributed by atoms with Gasteiger partial charge in [-0.15, -0.1) is 0 Å². The van der Waals surface area contributed by atoms with Crippen molar-refractivity contribution in [1.82, 2.24) is 9.97 Å². The van der Waals surface area contributed by atoms with Crippen molar-refractivity contribution >= 4 is 52.6 Å². The summed E-state index contributed by atoms with van der Waals surface area (Å²) in [6.07, 6.45) is 0. The molecule has 10 heteroatoms. The van der Waals surface area contributed by atoms with Crippen LogP contribution in [0.2, 0.25) is 0 Å². The van der Waals surface area contributed by atoms with Gasteiger partial charge in [-0.25, -0.2) is 19.6 Å². The Hall–Kier alpha value is -1.31. The summed E-state index contributed by atoms with van der Waals surface area (Å²) in [6, 6.07) is 0. The molecule has 1 rings (SSSR count). The van der Waals surface area contributed by atoms with Crippen molar-refractivity contribution in [1.29, 1.82) is 0 Å². The minimum atomic E-state index is -1.97. The molecule has 0 N–H and O–H groups in total. The summed E-state index contributed by atoms with van der Waals surface area (Å²) < 4.78 is 7.25. The molecular weight excluding hydrogens is 344 g/mol. The number of rotatable bonds is 3. The third-order valence-electron chi connectivity index (χ3n) is 2.34. The Morgan fingerprint density at radius 3 is 1.95 bits per heavy atom. The standard InChI is InChI=1S/C11H12Cl3N3O4/c1-17(2)7-5(8(18)20-3)6(9(19)21-4)15-10(16-7)11(12,13)14/h1-4H3. The Labute approximate surface area is 136 Å². The van der Waals surface area contributed by atoms with Crippen LogP contribution in [0.3, 0.4) is 0 Å². The number of halogens is 3. The summed E-state index contributed by atoms with van der Waals surface area (Å²) in [5.74, 6) is -1.88. The van der Waals surface area contributed by atoms with E-state index in [0.717, 1.165) is 14.2 Å². The summed E-state index contributed by atoms with van der Waals surface area (Å²) >= 11 is 17.2. The van der Waals surface area contributed by atoms with Gasteiger partial charge in [-0.2, -0.15) is 0 Å². The van der Waals surface area contributed by atoms with Crippen LogP contribution >= 0.6 is 34.8 Å². The lowest BCUT2D eigenvalue weighted by Gasteiger charge is -2.19. The average Bonchev–Trinajstić information content (AvgIpc) is 2.42. The number of anilines is 1. The van der Waals surface area contributed by atoms with E-state index in [1.54, 1.807) is 14.1 Å². The summed E-state index contributed by atoms with van der Waals surface area (Å²) in [4.78, 5) is 33.0. The average molecular weight is 357 g/mol. The number of methoxy groups -OCH3 is 2. The van der Waals surface area contributed by atoms with Crippen molar-refractivity contribution in [3.05, 3.63) is 17.1 Å². The SMILES string of the molecule is COC(=O)c1nc(C(Cl)(Cl)Cl)nc(N(C)C)c1C(=O)OC. The van der Waals surface area contributed by atoms with Crippen LogP contribution in [-0.2, 0) is 13.3 Å². The number of nitrogens with zero attached hydrogens (tertiary/aromatic N) is 3. The molecule has 1 aromatic heterocycles. The molecule has 0 fully saturated rings. The lowest BCUT2D eigenvalue weighted by molar-refractivity contribution is 0.0549. The molecule has 0 aliphatic heterocycles. The third-order valence-corrected chi connectivity index (χ3v) is 2.84. The van der Waals surface area contributed by atoms with Gasteiger partial charge in [0.25, 0.3) is 0 Å². The highest BCUT2D eigenvalue weighted by Crippen LogP contribution is 2.37.